The zero-order valence-electron chi connectivity index (χ0n) is 12.2. The van der Waals surface area contributed by atoms with E-state index < -0.39 is 5.60 Å². The molecule has 5 rings (SSSR count). The molecule has 20 heavy (non-hydrogen) atoms. The summed E-state index contributed by atoms with van der Waals surface area (Å²) in [5.41, 5.74) is -1.04. The van der Waals surface area contributed by atoms with Gasteiger partial charge in [-0.25, -0.2) is 9.78 Å². The van der Waals surface area contributed by atoms with Gasteiger partial charge in [0.25, 0.3) is 0 Å². The summed E-state index contributed by atoms with van der Waals surface area (Å²) in [6, 6.07) is 0. The lowest BCUT2D eigenvalue weighted by Crippen LogP contribution is -2.51. The number of aliphatic hydroxyl groups excluding tert-OH is 1. The summed E-state index contributed by atoms with van der Waals surface area (Å²) in [5, 5.41) is 10.3. The predicted octanol–water partition coefficient (Wildman–Crippen LogP) is 1.43. The van der Waals surface area contributed by atoms with Crippen molar-refractivity contribution in [1.82, 2.24) is 0 Å². The fourth-order valence-electron chi connectivity index (χ4n) is 5.00. The van der Waals surface area contributed by atoms with Crippen LogP contribution in [0.4, 0.5) is 0 Å². The highest BCUT2D eigenvalue weighted by molar-refractivity contribution is 5.76. The molecule has 1 spiro atoms. The molecule has 112 valence electrons. The maximum atomic E-state index is 12.1. The van der Waals surface area contributed by atoms with E-state index in [0.717, 1.165) is 12.8 Å². The maximum Gasteiger partial charge on any atom is 0.312 e. The third-order valence-electron chi connectivity index (χ3n) is 6.52. The Morgan fingerprint density at radius 3 is 2.65 bits per heavy atom. The Balaban J connectivity index is 1.84. The van der Waals surface area contributed by atoms with Crippen molar-refractivity contribution in [2.24, 2.45) is 23.7 Å². The van der Waals surface area contributed by atoms with Crippen LogP contribution in [-0.4, -0.2) is 34.5 Å². The Hall–Kier alpha value is -0.650. The van der Waals surface area contributed by atoms with E-state index in [9.17, 15) is 9.90 Å². The summed E-state index contributed by atoms with van der Waals surface area (Å²) >= 11 is 0. The third-order valence-corrected chi connectivity index (χ3v) is 6.52. The number of carbonyl (C=O) groups excluding carboxylic acids is 1. The van der Waals surface area contributed by atoms with Crippen LogP contribution in [0.2, 0.25) is 0 Å². The standard InChI is InChI=1S/C15H22O5/c1-7-10(16)6-9-11(7)12-15(8(2)13(17)18-12)5-4-14(9,3)19-20-15/h7-12,16H,4-6H2,1-3H3/t7-,8-,9-,10-,11+,12+,14-,15-/m0/s1. The van der Waals surface area contributed by atoms with Gasteiger partial charge in [0, 0.05) is 11.8 Å². The Bertz CT molecular complexity index is 453. The smallest absolute Gasteiger partial charge is 0.312 e. The highest BCUT2D eigenvalue weighted by Crippen LogP contribution is 2.61. The molecule has 0 amide bonds. The third kappa shape index (κ3) is 1.32. The van der Waals surface area contributed by atoms with E-state index >= 15 is 0 Å². The molecule has 3 aliphatic heterocycles. The van der Waals surface area contributed by atoms with Crippen molar-refractivity contribution in [3.63, 3.8) is 0 Å². The molecule has 0 radical (unpaired) electrons. The summed E-state index contributed by atoms with van der Waals surface area (Å²) in [6.07, 6.45) is 1.70. The van der Waals surface area contributed by atoms with Gasteiger partial charge in [-0.15, -0.1) is 0 Å². The lowest BCUT2D eigenvalue weighted by Gasteiger charge is -2.41. The molecule has 3 heterocycles. The Morgan fingerprint density at radius 2 is 2.00 bits per heavy atom. The molecule has 5 aliphatic rings. The summed E-state index contributed by atoms with van der Waals surface area (Å²) < 4.78 is 5.70. The van der Waals surface area contributed by atoms with E-state index in [-0.39, 0.29) is 47.4 Å². The van der Waals surface area contributed by atoms with Crippen molar-refractivity contribution >= 4 is 5.97 Å². The minimum atomic E-state index is -0.658. The first-order valence-corrected chi connectivity index (χ1v) is 7.64. The van der Waals surface area contributed by atoms with Gasteiger partial charge in [-0.05, 0) is 39.0 Å². The van der Waals surface area contributed by atoms with Crippen LogP contribution in [0.15, 0.2) is 0 Å². The number of hydrogen-bond donors (Lipinski definition) is 1. The summed E-state index contributed by atoms with van der Waals surface area (Å²) in [4.78, 5) is 23.6. The van der Waals surface area contributed by atoms with Crippen LogP contribution >= 0.6 is 0 Å². The predicted molar refractivity (Wildman–Crippen MR) is 68.4 cm³/mol. The largest absolute Gasteiger partial charge is 0.459 e. The second-order valence-corrected chi connectivity index (χ2v) is 7.36. The molecule has 0 unspecified atom stereocenters. The number of aliphatic hydroxyl groups is 1. The average molecular weight is 282 g/mol. The van der Waals surface area contributed by atoms with E-state index in [1.807, 2.05) is 13.8 Å². The molecule has 2 bridgehead atoms. The highest BCUT2D eigenvalue weighted by atomic mass is 17.2. The van der Waals surface area contributed by atoms with E-state index in [2.05, 4.69) is 6.92 Å². The molecular formula is C15H22O5. The van der Waals surface area contributed by atoms with Crippen molar-refractivity contribution < 1.29 is 24.4 Å². The summed E-state index contributed by atoms with van der Waals surface area (Å²) in [5.74, 6) is -0.101. The first kappa shape index (κ1) is 13.0. The van der Waals surface area contributed by atoms with Gasteiger partial charge in [0.15, 0.2) is 5.60 Å². The van der Waals surface area contributed by atoms with Gasteiger partial charge in [0.2, 0.25) is 0 Å². The Morgan fingerprint density at radius 1 is 1.25 bits per heavy atom. The number of hydrogen-bond acceptors (Lipinski definition) is 5. The lowest BCUT2D eigenvalue weighted by atomic mass is 9.74. The molecule has 0 aromatic carbocycles. The van der Waals surface area contributed by atoms with Crippen LogP contribution in [-0.2, 0) is 19.3 Å². The van der Waals surface area contributed by atoms with Crippen LogP contribution in [0.25, 0.3) is 0 Å². The average Bonchev–Trinajstić information content (AvgIpc) is 2.77. The van der Waals surface area contributed by atoms with Crippen LogP contribution in [0.5, 0.6) is 0 Å². The van der Waals surface area contributed by atoms with E-state index in [1.165, 1.54) is 0 Å². The van der Waals surface area contributed by atoms with Crippen LogP contribution in [0.1, 0.15) is 40.0 Å². The van der Waals surface area contributed by atoms with Crippen molar-refractivity contribution in [2.45, 2.75) is 63.4 Å². The van der Waals surface area contributed by atoms with E-state index in [1.54, 1.807) is 0 Å². The molecule has 2 saturated carbocycles. The molecule has 5 heteroatoms. The molecule has 1 N–H and O–H groups in total. The molecular weight excluding hydrogens is 260 g/mol. The first-order valence-electron chi connectivity index (χ1n) is 7.64. The second kappa shape index (κ2) is 3.76. The SMILES string of the molecule is C[C@@H]1[C@H]2[C@H]3OC(=O)[C@H](C)[C@@]34CC[C@](C)(OO4)[C@H]2C[C@@H]1O. The van der Waals surface area contributed by atoms with Crippen LogP contribution < -0.4 is 0 Å². The van der Waals surface area contributed by atoms with Crippen molar-refractivity contribution in [2.75, 3.05) is 0 Å². The monoisotopic (exact) mass is 282 g/mol. The zero-order chi connectivity index (χ0) is 14.3. The number of ether oxygens (including phenoxy) is 1. The fraction of sp³-hybridized carbons (Fsp3) is 0.933. The minimum Gasteiger partial charge on any atom is -0.459 e. The zero-order valence-corrected chi connectivity index (χ0v) is 12.2. The van der Waals surface area contributed by atoms with Gasteiger partial charge in [0.05, 0.1) is 12.0 Å². The highest BCUT2D eigenvalue weighted by Gasteiger charge is 2.71. The fourth-order valence-corrected chi connectivity index (χ4v) is 5.00. The first-order chi connectivity index (χ1) is 9.39. The Kier molecular flexibility index (Phi) is 2.45. The molecule has 8 atom stereocenters. The summed E-state index contributed by atoms with van der Waals surface area (Å²) in [7, 11) is 0. The van der Waals surface area contributed by atoms with Gasteiger partial charge in [0.1, 0.15) is 11.7 Å². The van der Waals surface area contributed by atoms with Gasteiger partial charge in [-0.3, -0.25) is 4.79 Å². The van der Waals surface area contributed by atoms with Crippen molar-refractivity contribution in [3.8, 4) is 0 Å². The number of rotatable bonds is 0. The summed E-state index contributed by atoms with van der Waals surface area (Å²) in [6.45, 7) is 5.98. The second-order valence-electron chi connectivity index (χ2n) is 7.36. The van der Waals surface area contributed by atoms with Crippen molar-refractivity contribution in [1.29, 1.82) is 0 Å². The van der Waals surface area contributed by atoms with Gasteiger partial charge in [-0.2, -0.15) is 0 Å². The van der Waals surface area contributed by atoms with Gasteiger partial charge >= 0.3 is 5.97 Å². The van der Waals surface area contributed by atoms with Gasteiger partial charge < -0.3 is 9.84 Å². The van der Waals surface area contributed by atoms with Crippen molar-refractivity contribution in [3.05, 3.63) is 0 Å². The van der Waals surface area contributed by atoms with E-state index in [4.69, 9.17) is 14.5 Å². The molecule has 5 fully saturated rings. The molecule has 2 aliphatic carbocycles. The number of fused-ring (bicyclic) bond motifs is 2. The van der Waals surface area contributed by atoms with Gasteiger partial charge in [-0.1, -0.05) is 6.92 Å². The molecule has 5 nitrogen and oxygen atoms in total. The molecule has 0 aromatic heterocycles. The minimum absolute atomic E-state index is 0.102. The normalized spacial score (nSPS) is 60.9. The quantitative estimate of drug-likeness (QED) is 0.538. The van der Waals surface area contributed by atoms with Crippen LogP contribution in [0, 0.1) is 23.7 Å². The van der Waals surface area contributed by atoms with Crippen LogP contribution in [0.3, 0.4) is 0 Å². The molecule has 0 aromatic rings. The van der Waals surface area contributed by atoms with E-state index in [0.29, 0.717) is 6.42 Å². The number of carbonyl (C=O) groups is 1. The molecule has 3 saturated heterocycles. The Labute approximate surface area is 118 Å². The lowest BCUT2D eigenvalue weighted by molar-refractivity contribution is -0.443. The topological polar surface area (TPSA) is 65.0 Å². The maximum absolute atomic E-state index is 12.1. The number of esters is 1.